The van der Waals surface area contributed by atoms with Crippen LogP contribution in [0.4, 0.5) is 0 Å². The van der Waals surface area contributed by atoms with Crippen molar-refractivity contribution in [1.82, 2.24) is 4.90 Å². The van der Waals surface area contributed by atoms with Crippen molar-refractivity contribution < 1.29 is 18.6 Å². The van der Waals surface area contributed by atoms with Gasteiger partial charge < -0.3 is 10.2 Å². The monoisotopic (exact) mass is 361 g/mol. The Balaban J connectivity index is 2.05. The molecule has 2 atom stereocenters. The third-order valence-electron chi connectivity index (χ3n) is 4.64. The van der Waals surface area contributed by atoms with Gasteiger partial charge in [-0.3, -0.25) is 4.90 Å². The van der Waals surface area contributed by atoms with Crippen LogP contribution in [0.3, 0.4) is 0 Å². The summed E-state index contributed by atoms with van der Waals surface area (Å²) in [6, 6.07) is 18.8. The Morgan fingerprint density at radius 2 is 1.48 bits per heavy atom. The quantitative estimate of drug-likeness (QED) is 0.809. The molecule has 0 bridgehead atoms. The highest BCUT2D eigenvalue weighted by atomic mass is 32.2. The van der Waals surface area contributed by atoms with Crippen LogP contribution in [-0.2, 0) is 9.84 Å². The molecular formula is C19H23NO4S. The number of aliphatic hydroxyl groups is 2. The Morgan fingerprint density at radius 1 is 0.960 bits per heavy atom. The lowest BCUT2D eigenvalue weighted by Gasteiger charge is -2.37. The molecule has 3 rings (SSSR count). The van der Waals surface area contributed by atoms with Crippen LogP contribution >= 0.6 is 0 Å². The van der Waals surface area contributed by atoms with Crippen LogP contribution in [0, 0.1) is 0 Å². The van der Waals surface area contributed by atoms with Gasteiger partial charge in [0, 0.05) is 6.54 Å². The standard InChI is InChI=1S/C19H23NO4S/c21-12-11-20(17-13-25(23,24)14-18(17)22)19(15-7-3-1-4-8-15)16-9-5-2-6-10-16/h1-10,17-19,21-22H,11-14H2/t17-,18-/m1/s1. The van der Waals surface area contributed by atoms with E-state index in [9.17, 15) is 18.6 Å². The molecule has 1 fully saturated rings. The Kier molecular flexibility index (Phi) is 5.54. The lowest BCUT2D eigenvalue weighted by Crippen LogP contribution is -2.46. The first-order valence-electron chi connectivity index (χ1n) is 8.37. The van der Waals surface area contributed by atoms with Crippen molar-refractivity contribution in [3.8, 4) is 0 Å². The first kappa shape index (κ1) is 18.1. The van der Waals surface area contributed by atoms with Gasteiger partial charge in [0.15, 0.2) is 9.84 Å². The molecule has 2 aromatic carbocycles. The molecule has 1 heterocycles. The van der Waals surface area contributed by atoms with Crippen LogP contribution in [0.2, 0.25) is 0 Å². The number of benzene rings is 2. The summed E-state index contributed by atoms with van der Waals surface area (Å²) in [5, 5.41) is 19.9. The Labute approximate surface area is 148 Å². The van der Waals surface area contributed by atoms with Crippen molar-refractivity contribution in [2.24, 2.45) is 0 Å². The summed E-state index contributed by atoms with van der Waals surface area (Å²) in [6.07, 6.45) is -0.952. The third kappa shape index (κ3) is 4.10. The number of hydrogen-bond acceptors (Lipinski definition) is 5. The van der Waals surface area contributed by atoms with Gasteiger partial charge in [-0.2, -0.15) is 0 Å². The lowest BCUT2D eigenvalue weighted by molar-refractivity contribution is 0.0513. The van der Waals surface area contributed by atoms with E-state index in [1.165, 1.54) is 0 Å². The van der Waals surface area contributed by atoms with E-state index in [1.54, 1.807) is 0 Å². The predicted molar refractivity (Wildman–Crippen MR) is 97.0 cm³/mol. The summed E-state index contributed by atoms with van der Waals surface area (Å²) in [7, 11) is -3.28. The van der Waals surface area contributed by atoms with Gasteiger partial charge in [-0.15, -0.1) is 0 Å². The molecule has 0 unspecified atom stereocenters. The minimum atomic E-state index is -3.28. The lowest BCUT2D eigenvalue weighted by atomic mass is 9.95. The molecule has 6 heteroatoms. The molecular weight excluding hydrogens is 338 g/mol. The number of sulfone groups is 1. The van der Waals surface area contributed by atoms with Gasteiger partial charge >= 0.3 is 0 Å². The molecule has 0 amide bonds. The minimum Gasteiger partial charge on any atom is -0.395 e. The highest BCUT2D eigenvalue weighted by molar-refractivity contribution is 7.91. The van der Waals surface area contributed by atoms with Crippen molar-refractivity contribution in [2.75, 3.05) is 24.7 Å². The molecule has 0 saturated carbocycles. The number of nitrogens with zero attached hydrogens (tertiary/aromatic N) is 1. The fraction of sp³-hybridized carbons (Fsp3) is 0.368. The molecule has 2 aromatic rings. The molecule has 5 nitrogen and oxygen atoms in total. The normalized spacial score (nSPS) is 22.6. The molecule has 2 N–H and O–H groups in total. The van der Waals surface area contributed by atoms with Gasteiger partial charge in [0.1, 0.15) is 0 Å². The zero-order chi connectivity index (χ0) is 17.9. The van der Waals surface area contributed by atoms with Crippen molar-refractivity contribution in [1.29, 1.82) is 0 Å². The van der Waals surface area contributed by atoms with Crippen molar-refractivity contribution >= 4 is 9.84 Å². The summed E-state index contributed by atoms with van der Waals surface area (Å²) >= 11 is 0. The maximum Gasteiger partial charge on any atom is 0.154 e. The minimum absolute atomic E-state index is 0.0929. The van der Waals surface area contributed by atoms with Crippen LogP contribution in [0.15, 0.2) is 60.7 Å². The fourth-order valence-electron chi connectivity index (χ4n) is 3.58. The van der Waals surface area contributed by atoms with Gasteiger partial charge in [-0.1, -0.05) is 60.7 Å². The van der Waals surface area contributed by atoms with E-state index in [0.717, 1.165) is 11.1 Å². The predicted octanol–water partition coefficient (Wildman–Crippen LogP) is 1.23. The highest BCUT2D eigenvalue weighted by Crippen LogP contribution is 2.33. The molecule has 1 aliphatic rings. The van der Waals surface area contributed by atoms with Crippen molar-refractivity contribution in [3.63, 3.8) is 0 Å². The zero-order valence-corrected chi connectivity index (χ0v) is 14.7. The third-order valence-corrected chi connectivity index (χ3v) is 6.34. The Hall–Kier alpha value is -1.73. The van der Waals surface area contributed by atoms with E-state index in [4.69, 9.17) is 0 Å². The topological polar surface area (TPSA) is 77.8 Å². The van der Waals surface area contributed by atoms with Crippen LogP contribution in [0.5, 0.6) is 0 Å². The molecule has 0 aromatic heterocycles. The number of aliphatic hydroxyl groups excluding tert-OH is 2. The largest absolute Gasteiger partial charge is 0.395 e. The van der Waals surface area contributed by atoms with E-state index in [2.05, 4.69) is 0 Å². The van der Waals surface area contributed by atoms with E-state index in [-0.39, 0.29) is 30.7 Å². The first-order valence-corrected chi connectivity index (χ1v) is 10.2. The summed E-state index contributed by atoms with van der Waals surface area (Å²) in [4.78, 5) is 1.92. The van der Waals surface area contributed by atoms with Crippen LogP contribution in [0.1, 0.15) is 17.2 Å². The second kappa shape index (κ2) is 7.66. The van der Waals surface area contributed by atoms with Gasteiger partial charge in [-0.05, 0) is 11.1 Å². The molecule has 134 valence electrons. The average Bonchev–Trinajstić information content (AvgIpc) is 2.89. The molecule has 1 saturated heterocycles. The first-order chi connectivity index (χ1) is 12.0. The Morgan fingerprint density at radius 3 is 1.88 bits per heavy atom. The summed E-state index contributed by atoms with van der Waals surface area (Å²) in [5.74, 6) is -0.319. The maximum absolute atomic E-state index is 12.0. The van der Waals surface area contributed by atoms with Gasteiger partial charge in [0.25, 0.3) is 0 Å². The average molecular weight is 361 g/mol. The molecule has 0 radical (unpaired) electrons. The van der Waals surface area contributed by atoms with Crippen LogP contribution in [-0.4, -0.2) is 60.3 Å². The summed E-state index contributed by atoms with van der Waals surface area (Å²) < 4.78 is 24.0. The maximum atomic E-state index is 12.0. The zero-order valence-electron chi connectivity index (χ0n) is 13.9. The van der Waals surface area contributed by atoms with Crippen molar-refractivity contribution in [3.05, 3.63) is 71.8 Å². The van der Waals surface area contributed by atoms with Gasteiger partial charge in [0.05, 0.1) is 36.3 Å². The number of hydrogen-bond donors (Lipinski definition) is 2. The Bertz CT molecular complexity index is 740. The van der Waals surface area contributed by atoms with E-state index in [1.807, 2.05) is 65.6 Å². The number of rotatable bonds is 6. The molecule has 0 spiro atoms. The summed E-state index contributed by atoms with van der Waals surface area (Å²) in [5.41, 5.74) is 2.00. The van der Waals surface area contributed by atoms with Crippen molar-refractivity contribution in [2.45, 2.75) is 18.2 Å². The van der Waals surface area contributed by atoms with Crippen LogP contribution < -0.4 is 0 Å². The molecule has 25 heavy (non-hydrogen) atoms. The summed E-state index contributed by atoms with van der Waals surface area (Å²) in [6.45, 7) is 0.172. The second-order valence-corrected chi connectivity index (χ2v) is 8.55. The van der Waals surface area contributed by atoms with E-state index >= 15 is 0 Å². The molecule has 1 aliphatic heterocycles. The van der Waals surface area contributed by atoms with Gasteiger partial charge in [0.2, 0.25) is 0 Å². The van der Waals surface area contributed by atoms with E-state index in [0.29, 0.717) is 0 Å². The van der Waals surface area contributed by atoms with E-state index < -0.39 is 22.0 Å². The second-order valence-electron chi connectivity index (χ2n) is 6.40. The molecule has 0 aliphatic carbocycles. The SMILES string of the molecule is O=S1(=O)C[C@@H](O)[C@H](N(CCO)C(c2ccccc2)c2ccccc2)C1. The smallest absolute Gasteiger partial charge is 0.154 e. The van der Waals surface area contributed by atoms with Gasteiger partial charge in [-0.25, -0.2) is 8.42 Å². The van der Waals surface area contributed by atoms with Crippen LogP contribution in [0.25, 0.3) is 0 Å². The highest BCUT2D eigenvalue weighted by Gasteiger charge is 2.42. The fourth-order valence-corrected chi connectivity index (χ4v) is 5.39.